The Hall–Kier alpha value is -2.62. The number of nitrogens with two attached hydrogens (primary N) is 1. The van der Waals surface area contributed by atoms with Gasteiger partial charge in [0.25, 0.3) is 0 Å². The summed E-state index contributed by atoms with van der Waals surface area (Å²) in [6.45, 7) is 6.03. The Labute approximate surface area is 168 Å². The van der Waals surface area contributed by atoms with Gasteiger partial charge in [-0.15, -0.1) is 0 Å². The third-order valence-corrected chi connectivity index (χ3v) is 5.33. The van der Waals surface area contributed by atoms with E-state index in [-0.39, 0.29) is 5.78 Å². The van der Waals surface area contributed by atoms with Crippen molar-refractivity contribution in [3.63, 3.8) is 0 Å². The Morgan fingerprint density at radius 1 is 0.929 bits per heavy atom. The van der Waals surface area contributed by atoms with Crippen LogP contribution >= 0.6 is 0 Å². The highest BCUT2D eigenvalue weighted by molar-refractivity contribution is 5.99. The minimum Gasteiger partial charge on any atom is -0.351 e. The van der Waals surface area contributed by atoms with Crippen molar-refractivity contribution in [1.82, 2.24) is 0 Å². The number of nitrogens with zero attached hydrogens (tertiary/aromatic N) is 1. The van der Waals surface area contributed by atoms with Gasteiger partial charge in [-0.05, 0) is 67.6 Å². The van der Waals surface area contributed by atoms with Crippen LogP contribution in [0.5, 0.6) is 0 Å². The molecule has 4 heteroatoms. The molecule has 0 spiro atoms. The lowest BCUT2D eigenvalue weighted by Gasteiger charge is -2.21. The number of ketones is 1. The number of carbonyl (C=O) groups is 2. The molecule has 0 saturated heterocycles. The number of urea groups is 1. The highest BCUT2D eigenvalue weighted by Gasteiger charge is 2.15. The van der Waals surface area contributed by atoms with E-state index in [0.717, 1.165) is 18.0 Å². The van der Waals surface area contributed by atoms with Crippen molar-refractivity contribution >= 4 is 23.2 Å². The van der Waals surface area contributed by atoms with Crippen LogP contribution in [0.25, 0.3) is 0 Å². The molecule has 0 radical (unpaired) electrons. The molecule has 2 aromatic rings. The molecule has 2 rings (SSSR count). The summed E-state index contributed by atoms with van der Waals surface area (Å²) in [5.41, 5.74) is 8.88. The van der Waals surface area contributed by atoms with E-state index in [9.17, 15) is 9.59 Å². The number of amides is 2. The number of hydrogen-bond donors (Lipinski definition) is 1. The Balaban J connectivity index is 2.10. The van der Waals surface area contributed by atoms with Gasteiger partial charge >= 0.3 is 6.03 Å². The zero-order valence-corrected chi connectivity index (χ0v) is 17.3. The lowest BCUT2D eigenvalue weighted by atomic mass is 9.92. The third-order valence-electron chi connectivity index (χ3n) is 5.33. The topological polar surface area (TPSA) is 63.4 Å². The first-order valence-electron chi connectivity index (χ1n) is 10.3. The van der Waals surface area contributed by atoms with Crippen molar-refractivity contribution in [3.8, 4) is 0 Å². The highest BCUT2D eigenvalue weighted by Crippen LogP contribution is 2.27. The first-order valence-corrected chi connectivity index (χ1v) is 10.3. The van der Waals surface area contributed by atoms with Crippen LogP contribution in [0.4, 0.5) is 16.2 Å². The quantitative estimate of drug-likeness (QED) is 0.495. The number of Topliss-reactive ketones (excluding diaryl/α,β-unsaturated/α-hetero) is 1. The summed E-state index contributed by atoms with van der Waals surface area (Å²) in [4.78, 5) is 25.0. The monoisotopic (exact) mass is 380 g/mol. The maximum absolute atomic E-state index is 12.0. The van der Waals surface area contributed by atoms with Gasteiger partial charge in [0, 0.05) is 5.56 Å². The molecule has 2 N–H and O–H groups in total. The smallest absolute Gasteiger partial charge is 0.323 e. The van der Waals surface area contributed by atoms with E-state index in [2.05, 4.69) is 26.0 Å². The minimum atomic E-state index is -0.547. The summed E-state index contributed by atoms with van der Waals surface area (Å²) in [5, 5.41) is 0. The van der Waals surface area contributed by atoms with Gasteiger partial charge in [0.1, 0.15) is 0 Å². The fourth-order valence-electron chi connectivity index (χ4n) is 3.48. The van der Waals surface area contributed by atoms with E-state index in [1.807, 2.05) is 12.1 Å². The number of hydrogen-bond acceptors (Lipinski definition) is 2. The maximum atomic E-state index is 12.0. The first-order chi connectivity index (χ1) is 13.5. The summed E-state index contributed by atoms with van der Waals surface area (Å²) in [5.74, 6) is 0.771. The van der Waals surface area contributed by atoms with Crippen molar-refractivity contribution in [3.05, 3.63) is 59.7 Å². The maximum Gasteiger partial charge on any atom is 0.323 e. The lowest BCUT2D eigenvalue weighted by Crippen LogP contribution is -2.31. The molecule has 1 atom stereocenters. The number of anilines is 2. The third kappa shape index (κ3) is 5.95. The van der Waals surface area contributed by atoms with E-state index in [4.69, 9.17) is 5.73 Å². The predicted octanol–water partition coefficient (Wildman–Crippen LogP) is 6.26. The van der Waals surface area contributed by atoms with Gasteiger partial charge in [0.05, 0.1) is 11.4 Å². The van der Waals surface area contributed by atoms with Crippen LogP contribution in [0.3, 0.4) is 0 Å². The molecule has 150 valence electrons. The summed E-state index contributed by atoms with van der Waals surface area (Å²) < 4.78 is 0. The second-order valence-corrected chi connectivity index (χ2v) is 7.40. The largest absolute Gasteiger partial charge is 0.351 e. The number of benzene rings is 2. The van der Waals surface area contributed by atoms with E-state index in [0.29, 0.717) is 11.3 Å². The number of carbonyl (C=O) groups excluding carboxylic acids is 2. The molecule has 2 amide bonds. The van der Waals surface area contributed by atoms with Crippen LogP contribution in [0.1, 0.15) is 68.8 Å². The molecule has 2 aromatic carbocycles. The molecule has 4 nitrogen and oxygen atoms in total. The Morgan fingerprint density at radius 2 is 1.50 bits per heavy atom. The molecule has 28 heavy (non-hydrogen) atoms. The minimum absolute atomic E-state index is 0.00847. The van der Waals surface area contributed by atoms with Crippen LogP contribution < -0.4 is 10.6 Å². The van der Waals surface area contributed by atoms with E-state index in [1.54, 1.807) is 24.3 Å². The molecule has 0 aliphatic carbocycles. The van der Waals surface area contributed by atoms with E-state index >= 15 is 0 Å². The zero-order valence-electron chi connectivity index (χ0n) is 17.3. The van der Waals surface area contributed by atoms with E-state index in [1.165, 1.54) is 49.5 Å². The molecule has 0 bridgehead atoms. The van der Waals surface area contributed by atoms with Crippen molar-refractivity contribution in [2.75, 3.05) is 4.90 Å². The first kappa shape index (κ1) is 21.7. The molecule has 0 fully saturated rings. The molecule has 0 saturated carbocycles. The van der Waals surface area contributed by atoms with Gasteiger partial charge in [-0.1, -0.05) is 51.7 Å². The molecule has 0 aliphatic rings. The summed E-state index contributed by atoms with van der Waals surface area (Å²) in [6.07, 6.45) is 7.32. The summed E-state index contributed by atoms with van der Waals surface area (Å²) in [7, 11) is 0. The Kier molecular flexibility index (Phi) is 8.24. The SMILES string of the molecule is CCCCC(CC)CCc1ccc(N(C(N)=O)c2ccc(C(C)=O)cc2)cc1. The zero-order chi connectivity index (χ0) is 20.5. The summed E-state index contributed by atoms with van der Waals surface area (Å²) >= 11 is 0. The molecular weight excluding hydrogens is 348 g/mol. The van der Waals surface area contributed by atoms with Crippen molar-refractivity contribution in [1.29, 1.82) is 0 Å². The Morgan fingerprint density at radius 3 is 1.96 bits per heavy atom. The van der Waals surface area contributed by atoms with Crippen LogP contribution in [-0.4, -0.2) is 11.8 Å². The average molecular weight is 381 g/mol. The van der Waals surface area contributed by atoms with Gasteiger partial charge in [-0.25, -0.2) is 4.79 Å². The fourth-order valence-corrected chi connectivity index (χ4v) is 3.48. The molecular formula is C24H32N2O2. The van der Waals surface area contributed by atoms with E-state index < -0.39 is 6.03 Å². The number of unbranched alkanes of at least 4 members (excludes halogenated alkanes) is 1. The number of rotatable bonds is 10. The number of primary amides is 1. The van der Waals surface area contributed by atoms with Crippen molar-refractivity contribution in [2.24, 2.45) is 11.7 Å². The Bertz CT molecular complexity index is 766. The second-order valence-electron chi connectivity index (χ2n) is 7.40. The lowest BCUT2D eigenvalue weighted by molar-refractivity contribution is 0.101. The van der Waals surface area contributed by atoms with Crippen molar-refractivity contribution in [2.45, 2.75) is 59.3 Å². The van der Waals surface area contributed by atoms with Crippen LogP contribution in [0, 0.1) is 5.92 Å². The van der Waals surface area contributed by atoms with Crippen LogP contribution in [-0.2, 0) is 6.42 Å². The van der Waals surface area contributed by atoms with Gasteiger partial charge in [0.2, 0.25) is 0 Å². The molecule has 1 unspecified atom stereocenters. The van der Waals surface area contributed by atoms with Gasteiger partial charge in [0.15, 0.2) is 5.78 Å². The second kappa shape index (κ2) is 10.6. The van der Waals surface area contributed by atoms with Gasteiger partial charge in [-0.2, -0.15) is 0 Å². The van der Waals surface area contributed by atoms with Crippen LogP contribution in [0.2, 0.25) is 0 Å². The normalized spacial score (nSPS) is 11.8. The summed E-state index contributed by atoms with van der Waals surface area (Å²) in [6, 6.07) is 14.4. The standard InChI is InChI=1S/C24H32N2O2/c1-4-6-7-19(5-2)8-9-20-10-14-22(15-11-20)26(24(25)28)23-16-12-21(13-17-23)18(3)27/h10-17,19H,4-9H2,1-3H3,(H2,25,28). The predicted molar refractivity (Wildman–Crippen MR) is 116 cm³/mol. The molecule has 0 aromatic heterocycles. The van der Waals surface area contributed by atoms with Crippen LogP contribution in [0.15, 0.2) is 48.5 Å². The average Bonchev–Trinajstić information content (AvgIpc) is 2.69. The van der Waals surface area contributed by atoms with Gasteiger partial charge in [-0.3, -0.25) is 9.69 Å². The number of aryl methyl sites for hydroxylation is 1. The fraction of sp³-hybridized carbons (Fsp3) is 0.417. The van der Waals surface area contributed by atoms with Crippen molar-refractivity contribution < 1.29 is 9.59 Å². The van der Waals surface area contributed by atoms with Gasteiger partial charge < -0.3 is 5.73 Å². The highest BCUT2D eigenvalue weighted by atomic mass is 16.2. The molecule has 0 aliphatic heterocycles. The molecule has 0 heterocycles.